The first kappa shape index (κ1) is 14.0. The van der Waals surface area contributed by atoms with Gasteiger partial charge in [-0.05, 0) is 25.7 Å². The van der Waals surface area contributed by atoms with Gasteiger partial charge in [-0.2, -0.15) is 0 Å². The summed E-state index contributed by atoms with van der Waals surface area (Å²) in [5.74, 6) is 0.584. The van der Waals surface area contributed by atoms with Crippen LogP contribution in [0.1, 0.15) is 39.5 Å². The fraction of sp³-hybridized carbons (Fsp3) is 0.846. The van der Waals surface area contributed by atoms with E-state index in [1.54, 1.807) is 18.9 Å². The van der Waals surface area contributed by atoms with Crippen molar-refractivity contribution >= 4 is 11.9 Å². The highest BCUT2D eigenvalue weighted by atomic mass is 16.5. The number of esters is 1. The van der Waals surface area contributed by atoms with Crippen LogP contribution >= 0.6 is 0 Å². The molecule has 1 amide bonds. The molecule has 2 atom stereocenters. The van der Waals surface area contributed by atoms with Crippen molar-refractivity contribution in [1.82, 2.24) is 4.90 Å². The van der Waals surface area contributed by atoms with Crippen molar-refractivity contribution in [2.75, 3.05) is 20.2 Å². The van der Waals surface area contributed by atoms with E-state index in [1.807, 2.05) is 0 Å². The molecule has 0 radical (unpaired) electrons. The van der Waals surface area contributed by atoms with Gasteiger partial charge in [0.1, 0.15) is 0 Å². The molecule has 98 valence electrons. The first-order valence-electron chi connectivity index (χ1n) is 6.46. The number of hydrogen-bond acceptors (Lipinski definition) is 3. The van der Waals surface area contributed by atoms with Crippen LogP contribution in [0.2, 0.25) is 0 Å². The molecule has 0 N–H and O–H groups in total. The lowest BCUT2D eigenvalue weighted by Crippen LogP contribution is -2.35. The minimum Gasteiger partial charge on any atom is -0.466 e. The van der Waals surface area contributed by atoms with Crippen LogP contribution in [0.3, 0.4) is 0 Å². The van der Waals surface area contributed by atoms with Crippen LogP contribution in [0.25, 0.3) is 0 Å². The fourth-order valence-electron chi connectivity index (χ4n) is 2.40. The van der Waals surface area contributed by atoms with Crippen molar-refractivity contribution in [1.29, 1.82) is 0 Å². The first-order valence-corrected chi connectivity index (χ1v) is 6.46. The molecule has 0 heterocycles. The maximum absolute atomic E-state index is 12.1. The third-order valence-electron chi connectivity index (χ3n) is 3.51. The van der Waals surface area contributed by atoms with Gasteiger partial charge in [0.2, 0.25) is 5.91 Å². The van der Waals surface area contributed by atoms with Gasteiger partial charge in [0.05, 0.1) is 13.0 Å². The van der Waals surface area contributed by atoms with Gasteiger partial charge in [0.25, 0.3) is 0 Å². The predicted octanol–water partition coefficient (Wildman–Crippen LogP) is 1.83. The second-order valence-electron chi connectivity index (χ2n) is 4.83. The van der Waals surface area contributed by atoms with E-state index in [0.717, 1.165) is 19.3 Å². The highest BCUT2D eigenvalue weighted by Crippen LogP contribution is 2.32. The molecular formula is C13H23NO3. The van der Waals surface area contributed by atoms with Gasteiger partial charge in [-0.25, -0.2) is 0 Å². The van der Waals surface area contributed by atoms with Crippen LogP contribution in [-0.4, -0.2) is 37.0 Å². The quantitative estimate of drug-likeness (QED) is 0.690. The Kier molecular flexibility index (Phi) is 5.45. The van der Waals surface area contributed by atoms with E-state index in [9.17, 15) is 9.59 Å². The van der Waals surface area contributed by atoms with Gasteiger partial charge >= 0.3 is 5.97 Å². The van der Waals surface area contributed by atoms with Gasteiger partial charge in [-0.1, -0.05) is 13.3 Å². The molecule has 0 aromatic carbocycles. The average molecular weight is 241 g/mol. The molecule has 1 fully saturated rings. The number of carbonyl (C=O) groups is 2. The zero-order valence-corrected chi connectivity index (χ0v) is 11.1. The molecular weight excluding hydrogens is 218 g/mol. The van der Waals surface area contributed by atoms with Crippen LogP contribution in [0.4, 0.5) is 0 Å². The van der Waals surface area contributed by atoms with Crippen LogP contribution in [-0.2, 0) is 14.3 Å². The van der Waals surface area contributed by atoms with E-state index < -0.39 is 0 Å². The van der Waals surface area contributed by atoms with Crippen molar-refractivity contribution in [3.8, 4) is 0 Å². The lowest BCUT2D eigenvalue weighted by Gasteiger charge is -2.23. The molecule has 17 heavy (non-hydrogen) atoms. The Morgan fingerprint density at radius 1 is 1.35 bits per heavy atom. The summed E-state index contributed by atoms with van der Waals surface area (Å²) in [5.41, 5.74) is 0. The predicted molar refractivity (Wildman–Crippen MR) is 65.4 cm³/mol. The minimum absolute atomic E-state index is 0.155. The zero-order chi connectivity index (χ0) is 12.8. The molecule has 1 rings (SSSR count). The Hall–Kier alpha value is -1.06. The van der Waals surface area contributed by atoms with Gasteiger partial charge in [-0.15, -0.1) is 0 Å². The maximum atomic E-state index is 12.1. The number of nitrogens with zero attached hydrogens (tertiary/aromatic N) is 1. The second-order valence-corrected chi connectivity index (χ2v) is 4.83. The van der Waals surface area contributed by atoms with Crippen LogP contribution < -0.4 is 0 Å². The monoisotopic (exact) mass is 241 g/mol. The van der Waals surface area contributed by atoms with Crippen LogP contribution in [0, 0.1) is 11.8 Å². The summed E-state index contributed by atoms with van der Waals surface area (Å²) in [5, 5.41) is 0. The Morgan fingerprint density at radius 2 is 2.06 bits per heavy atom. The molecule has 4 heteroatoms. The molecule has 0 spiro atoms. The molecule has 0 bridgehead atoms. The van der Waals surface area contributed by atoms with E-state index in [2.05, 4.69) is 6.92 Å². The summed E-state index contributed by atoms with van der Waals surface area (Å²) < 4.78 is 4.84. The highest BCUT2D eigenvalue weighted by molar-refractivity contribution is 5.79. The molecule has 0 saturated heterocycles. The van der Waals surface area contributed by atoms with Crippen molar-refractivity contribution in [2.45, 2.75) is 39.5 Å². The SMILES string of the molecule is CCOC(=O)CCN(C)C(=O)C1CCCC1C. The maximum Gasteiger partial charge on any atom is 0.307 e. The second kappa shape index (κ2) is 6.62. The summed E-state index contributed by atoms with van der Waals surface area (Å²) in [7, 11) is 1.77. The van der Waals surface area contributed by atoms with Crippen molar-refractivity contribution in [3.05, 3.63) is 0 Å². The van der Waals surface area contributed by atoms with Crippen molar-refractivity contribution < 1.29 is 14.3 Å². The van der Waals surface area contributed by atoms with Gasteiger partial charge < -0.3 is 9.64 Å². The lowest BCUT2D eigenvalue weighted by atomic mass is 9.97. The van der Waals surface area contributed by atoms with E-state index in [-0.39, 0.29) is 24.2 Å². The summed E-state index contributed by atoms with van der Waals surface area (Å²) in [4.78, 5) is 25.0. The number of hydrogen-bond donors (Lipinski definition) is 0. The van der Waals surface area contributed by atoms with Gasteiger partial charge in [0, 0.05) is 19.5 Å². The van der Waals surface area contributed by atoms with Crippen molar-refractivity contribution in [3.63, 3.8) is 0 Å². The molecule has 2 unspecified atom stereocenters. The third kappa shape index (κ3) is 4.02. The van der Waals surface area contributed by atoms with Crippen molar-refractivity contribution in [2.24, 2.45) is 11.8 Å². The number of ether oxygens (including phenoxy) is 1. The minimum atomic E-state index is -0.230. The van der Waals surface area contributed by atoms with Gasteiger partial charge in [0.15, 0.2) is 0 Å². The molecule has 0 aromatic rings. The Morgan fingerprint density at radius 3 is 2.59 bits per heavy atom. The van der Waals surface area contributed by atoms with Crippen LogP contribution in [0.5, 0.6) is 0 Å². The lowest BCUT2D eigenvalue weighted by molar-refractivity contribution is -0.144. The number of rotatable bonds is 5. The van der Waals surface area contributed by atoms with Crippen LogP contribution in [0.15, 0.2) is 0 Å². The van der Waals surface area contributed by atoms with E-state index in [1.165, 1.54) is 0 Å². The van der Waals surface area contributed by atoms with Gasteiger partial charge in [-0.3, -0.25) is 9.59 Å². The first-order chi connectivity index (χ1) is 8.06. The molecule has 4 nitrogen and oxygen atoms in total. The summed E-state index contributed by atoms with van der Waals surface area (Å²) in [6.07, 6.45) is 3.56. The zero-order valence-electron chi connectivity index (χ0n) is 11.1. The molecule has 1 aliphatic rings. The summed E-state index contributed by atoms with van der Waals surface area (Å²) in [6.45, 7) is 4.78. The largest absolute Gasteiger partial charge is 0.466 e. The Balaban J connectivity index is 2.34. The fourth-order valence-corrected chi connectivity index (χ4v) is 2.40. The number of amides is 1. The van der Waals surface area contributed by atoms with E-state index in [4.69, 9.17) is 4.74 Å². The highest BCUT2D eigenvalue weighted by Gasteiger charge is 2.31. The third-order valence-corrected chi connectivity index (χ3v) is 3.51. The Labute approximate surface area is 103 Å². The summed E-state index contributed by atoms with van der Waals surface area (Å²) in [6, 6.07) is 0. The summed E-state index contributed by atoms with van der Waals surface area (Å²) >= 11 is 0. The average Bonchev–Trinajstić information content (AvgIpc) is 2.71. The molecule has 0 aliphatic heterocycles. The molecule has 0 aromatic heterocycles. The standard InChI is InChI=1S/C13H23NO3/c1-4-17-12(15)8-9-14(3)13(16)11-7-5-6-10(11)2/h10-11H,4-9H2,1-3H3. The van der Waals surface area contributed by atoms with E-state index >= 15 is 0 Å². The molecule has 1 aliphatic carbocycles. The molecule has 1 saturated carbocycles. The smallest absolute Gasteiger partial charge is 0.307 e. The number of carbonyl (C=O) groups excluding carboxylic acids is 2. The Bertz CT molecular complexity index is 278. The topological polar surface area (TPSA) is 46.6 Å². The normalized spacial score (nSPS) is 23.5. The van der Waals surface area contributed by atoms with E-state index in [0.29, 0.717) is 19.1 Å².